The molecule has 5 aromatic heterocycles. The molecule has 0 radical (unpaired) electrons. The van der Waals surface area contributed by atoms with Crippen molar-refractivity contribution in [3.8, 4) is 17.2 Å². The molecule has 0 aliphatic rings. The van der Waals surface area contributed by atoms with Crippen LogP contribution in [0.3, 0.4) is 0 Å². The molecule has 5 heterocycles. The highest BCUT2D eigenvalue weighted by Gasteiger charge is 2.23. The molecule has 0 aliphatic carbocycles. The van der Waals surface area contributed by atoms with E-state index >= 15 is 0 Å². The van der Waals surface area contributed by atoms with Crippen LogP contribution in [-0.4, -0.2) is 14.5 Å². The molecule has 0 aliphatic heterocycles. The van der Waals surface area contributed by atoms with Crippen LogP contribution in [0.15, 0.2) is 132 Å². The maximum absolute atomic E-state index is 6.55. The molecular formula is C40H21N3OS2. The summed E-state index contributed by atoms with van der Waals surface area (Å²) >= 11 is 3.65. The molecular weight excluding hydrogens is 603 g/mol. The standard InChI is InChI=1S/C40H21N3OS2/c1-5-13-30-23(9-1)26-18-19-27-24-10-3-8-16-33(24)46-39(27)37(26)43(30)40-41-35(38-36(42-40)28-12-2-6-14-31(28)44-38)22-17-20-34-29(21-22)25-11-4-7-15-32(25)45-34/h1-21H. The summed E-state index contributed by atoms with van der Waals surface area (Å²) in [6, 6.07) is 45.2. The lowest BCUT2D eigenvalue weighted by molar-refractivity contribution is 0.666. The highest BCUT2D eigenvalue weighted by Crippen LogP contribution is 2.44. The van der Waals surface area contributed by atoms with E-state index in [1.165, 1.54) is 51.1 Å². The van der Waals surface area contributed by atoms with Crippen LogP contribution in [0.5, 0.6) is 0 Å². The monoisotopic (exact) mass is 623 g/mol. The first-order chi connectivity index (χ1) is 22.8. The quantitative estimate of drug-likeness (QED) is 0.192. The summed E-state index contributed by atoms with van der Waals surface area (Å²) in [6.07, 6.45) is 0. The van der Waals surface area contributed by atoms with Crippen LogP contribution < -0.4 is 0 Å². The van der Waals surface area contributed by atoms with Crippen molar-refractivity contribution in [1.29, 1.82) is 0 Å². The number of hydrogen-bond acceptors (Lipinski definition) is 5. The fraction of sp³-hybridized carbons (Fsp3) is 0. The molecule has 0 bridgehead atoms. The van der Waals surface area contributed by atoms with Gasteiger partial charge in [-0.15, -0.1) is 22.7 Å². The summed E-state index contributed by atoms with van der Waals surface area (Å²) in [6.45, 7) is 0. The zero-order chi connectivity index (χ0) is 29.9. The number of benzene rings is 6. The Balaban J connectivity index is 1.30. The van der Waals surface area contributed by atoms with Gasteiger partial charge < -0.3 is 4.42 Å². The molecule has 0 N–H and O–H groups in total. The van der Waals surface area contributed by atoms with Gasteiger partial charge in [-0.3, -0.25) is 4.57 Å². The van der Waals surface area contributed by atoms with Gasteiger partial charge in [0, 0.05) is 57.4 Å². The lowest BCUT2D eigenvalue weighted by Crippen LogP contribution is -2.03. The second kappa shape index (κ2) is 9.01. The van der Waals surface area contributed by atoms with Crippen LogP contribution in [0.4, 0.5) is 0 Å². The van der Waals surface area contributed by atoms with Crippen molar-refractivity contribution in [3.63, 3.8) is 0 Å². The summed E-state index contributed by atoms with van der Waals surface area (Å²) in [5.74, 6) is 0.639. The van der Waals surface area contributed by atoms with E-state index in [9.17, 15) is 0 Å². The van der Waals surface area contributed by atoms with Gasteiger partial charge in [0.1, 0.15) is 16.8 Å². The predicted molar refractivity (Wildman–Crippen MR) is 195 cm³/mol. The van der Waals surface area contributed by atoms with E-state index in [4.69, 9.17) is 14.4 Å². The Morgan fingerprint density at radius 1 is 0.522 bits per heavy atom. The fourth-order valence-electron chi connectivity index (χ4n) is 7.19. The number of furan rings is 1. The molecule has 214 valence electrons. The molecule has 6 heteroatoms. The third-order valence-electron chi connectivity index (χ3n) is 9.24. The van der Waals surface area contributed by atoms with Crippen molar-refractivity contribution >= 4 is 107 Å². The minimum atomic E-state index is 0.639. The van der Waals surface area contributed by atoms with Crippen molar-refractivity contribution < 1.29 is 4.42 Å². The third kappa shape index (κ3) is 3.27. The van der Waals surface area contributed by atoms with Crippen LogP contribution in [0, 0.1) is 0 Å². The first-order valence-electron chi connectivity index (χ1n) is 15.2. The van der Waals surface area contributed by atoms with Gasteiger partial charge in [-0.1, -0.05) is 84.9 Å². The molecule has 4 nitrogen and oxygen atoms in total. The molecule has 11 aromatic rings. The van der Waals surface area contributed by atoms with E-state index in [-0.39, 0.29) is 0 Å². The van der Waals surface area contributed by atoms with Crippen LogP contribution in [0.25, 0.3) is 101 Å². The minimum Gasteiger partial charge on any atom is -0.452 e. The number of para-hydroxylation sites is 2. The fourth-order valence-corrected chi connectivity index (χ4v) is 9.51. The summed E-state index contributed by atoms with van der Waals surface area (Å²) in [5.41, 5.74) is 6.36. The molecule has 0 amide bonds. The van der Waals surface area contributed by atoms with Crippen molar-refractivity contribution in [2.75, 3.05) is 0 Å². The Bertz CT molecular complexity index is 3050. The highest BCUT2D eigenvalue weighted by atomic mass is 32.1. The van der Waals surface area contributed by atoms with Crippen LogP contribution >= 0.6 is 22.7 Å². The summed E-state index contributed by atoms with van der Waals surface area (Å²) < 4.78 is 13.9. The molecule has 0 atom stereocenters. The number of hydrogen-bond donors (Lipinski definition) is 0. The number of aromatic nitrogens is 3. The Kier molecular flexibility index (Phi) is 4.84. The molecule has 0 fully saturated rings. The number of thiophene rings is 2. The number of rotatable bonds is 2. The lowest BCUT2D eigenvalue weighted by atomic mass is 10.1. The Morgan fingerprint density at radius 3 is 2.07 bits per heavy atom. The van der Waals surface area contributed by atoms with Gasteiger partial charge in [0.2, 0.25) is 5.95 Å². The van der Waals surface area contributed by atoms with Crippen molar-refractivity contribution in [2.24, 2.45) is 0 Å². The van der Waals surface area contributed by atoms with Gasteiger partial charge >= 0.3 is 0 Å². The molecule has 46 heavy (non-hydrogen) atoms. The van der Waals surface area contributed by atoms with E-state index in [0.29, 0.717) is 11.5 Å². The van der Waals surface area contributed by atoms with Gasteiger partial charge in [0.25, 0.3) is 0 Å². The number of nitrogens with zero attached hydrogens (tertiary/aromatic N) is 3. The molecule has 0 unspecified atom stereocenters. The topological polar surface area (TPSA) is 43.9 Å². The van der Waals surface area contributed by atoms with Gasteiger partial charge in [-0.2, -0.15) is 0 Å². The van der Waals surface area contributed by atoms with Gasteiger partial charge in [0.15, 0.2) is 5.58 Å². The van der Waals surface area contributed by atoms with E-state index in [2.05, 4.69) is 114 Å². The predicted octanol–water partition coefficient (Wildman–Crippen LogP) is 11.9. The second-order valence-corrected chi connectivity index (χ2v) is 13.9. The van der Waals surface area contributed by atoms with Gasteiger partial charge in [-0.05, 0) is 42.5 Å². The van der Waals surface area contributed by atoms with E-state index < -0.39 is 0 Å². The maximum Gasteiger partial charge on any atom is 0.236 e. The largest absolute Gasteiger partial charge is 0.452 e. The van der Waals surface area contributed by atoms with Crippen LogP contribution in [0.2, 0.25) is 0 Å². The summed E-state index contributed by atoms with van der Waals surface area (Å²) in [4.78, 5) is 10.7. The SMILES string of the molecule is c1ccc2c(c1)oc1c(-c3ccc4sc5ccccc5c4c3)nc(-n3c4ccccc4c4ccc5c6ccccc6sc5c43)nc12. The minimum absolute atomic E-state index is 0.639. The van der Waals surface area contributed by atoms with Gasteiger partial charge in [0.05, 0.1) is 15.7 Å². The Morgan fingerprint density at radius 2 is 1.20 bits per heavy atom. The Hall–Kier alpha value is -5.56. The van der Waals surface area contributed by atoms with Crippen molar-refractivity contribution in [2.45, 2.75) is 0 Å². The van der Waals surface area contributed by atoms with Crippen molar-refractivity contribution in [3.05, 3.63) is 127 Å². The van der Waals surface area contributed by atoms with Crippen LogP contribution in [0.1, 0.15) is 0 Å². The molecule has 6 aromatic carbocycles. The average molecular weight is 624 g/mol. The Labute approximate surface area is 269 Å². The normalized spacial score (nSPS) is 12.3. The molecule has 11 rings (SSSR count). The first kappa shape index (κ1) is 24.7. The summed E-state index contributed by atoms with van der Waals surface area (Å²) in [5, 5.41) is 8.38. The van der Waals surface area contributed by atoms with Crippen molar-refractivity contribution in [1.82, 2.24) is 14.5 Å². The zero-order valence-corrected chi connectivity index (χ0v) is 25.8. The van der Waals surface area contributed by atoms with E-state index in [0.717, 1.165) is 38.8 Å². The van der Waals surface area contributed by atoms with E-state index in [1.807, 2.05) is 40.9 Å². The molecule has 0 saturated carbocycles. The van der Waals surface area contributed by atoms with Gasteiger partial charge in [-0.25, -0.2) is 9.97 Å². The second-order valence-electron chi connectivity index (χ2n) is 11.7. The highest BCUT2D eigenvalue weighted by molar-refractivity contribution is 7.26. The van der Waals surface area contributed by atoms with E-state index in [1.54, 1.807) is 0 Å². The zero-order valence-electron chi connectivity index (χ0n) is 24.2. The average Bonchev–Trinajstić information content (AvgIpc) is 3.86. The summed E-state index contributed by atoms with van der Waals surface area (Å²) in [7, 11) is 0. The third-order valence-corrected chi connectivity index (χ3v) is 11.6. The number of fused-ring (bicyclic) bond motifs is 13. The lowest BCUT2D eigenvalue weighted by Gasteiger charge is -2.10. The smallest absolute Gasteiger partial charge is 0.236 e. The maximum atomic E-state index is 6.55. The molecule has 0 saturated heterocycles. The van der Waals surface area contributed by atoms with Crippen LogP contribution in [-0.2, 0) is 0 Å². The first-order valence-corrected chi connectivity index (χ1v) is 16.9. The molecule has 0 spiro atoms.